The molecule has 1 aromatic heterocycles. The van der Waals surface area contributed by atoms with Gasteiger partial charge in [-0.3, -0.25) is 4.79 Å². The first kappa shape index (κ1) is 21.3. The zero-order valence-corrected chi connectivity index (χ0v) is 17.2. The Balaban J connectivity index is 1.60. The second-order valence-corrected chi connectivity index (χ2v) is 8.73. The largest absolute Gasteiger partial charge is 0.382 e. The Morgan fingerprint density at radius 1 is 1.31 bits per heavy atom. The zero-order valence-electron chi connectivity index (χ0n) is 16.4. The number of hydrogen-bond donors (Lipinski definition) is 1. The number of nitrogens with one attached hydrogen (secondary N) is 1. The van der Waals surface area contributed by atoms with Crippen LogP contribution >= 0.6 is 0 Å². The van der Waals surface area contributed by atoms with Crippen molar-refractivity contribution in [1.29, 1.82) is 0 Å². The van der Waals surface area contributed by atoms with E-state index in [2.05, 4.69) is 20.8 Å². The van der Waals surface area contributed by atoms with Crippen LogP contribution in [0.15, 0.2) is 35.5 Å². The lowest BCUT2D eigenvalue weighted by Gasteiger charge is -2.31. The predicted molar refractivity (Wildman–Crippen MR) is 105 cm³/mol. The average Bonchev–Trinajstić information content (AvgIpc) is 3.28. The number of benzene rings is 1. The van der Waals surface area contributed by atoms with E-state index in [4.69, 9.17) is 4.74 Å². The van der Waals surface area contributed by atoms with Gasteiger partial charge >= 0.3 is 0 Å². The van der Waals surface area contributed by atoms with Gasteiger partial charge in [0, 0.05) is 32.8 Å². The third kappa shape index (κ3) is 5.37. The Morgan fingerprint density at radius 2 is 2.10 bits per heavy atom. The van der Waals surface area contributed by atoms with Gasteiger partial charge in [-0.15, -0.1) is 5.10 Å². The van der Waals surface area contributed by atoms with Crippen LogP contribution in [0.5, 0.6) is 0 Å². The molecule has 10 nitrogen and oxygen atoms in total. The third-order valence-electron chi connectivity index (χ3n) is 4.81. The number of amides is 1. The molecule has 2 heterocycles. The van der Waals surface area contributed by atoms with Crippen molar-refractivity contribution in [1.82, 2.24) is 29.8 Å². The fourth-order valence-electron chi connectivity index (χ4n) is 3.25. The minimum absolute atomic E-state index is 0.101. The maximum Gasteiger partial charge on any atom is 0.243 e. The Labute approximate surface area is 170 Å². The minimum Gasteiger partial charge on any atom is -0.382 e. The predicted octanol–water partition coefficient (Wildman–Crippen LogP) is 0.606. The molecule has 1 amide bonds. The minimum atomic E-state index is -3.67. The van der Waals surface area contributed by atoms with Crippen LogP contribution in [0.1, 0.15) is 26.2 Å². The highest BCUT2D eigenvalue weighted by atomic mass is 32.2. The number of ether oxygens (including phenoxy) is 1. The van der Waals surface area contributed by atoms with E-state index in [1.807, 2.05) is 6.92 Å². The molecule has 3 rings (SSSR count). The van der Waals surface area contributed by atoms with Crippen molar-refractivity contribution in [2.45, 2.75) is 31.1 Å². The van der Waals surface area contributed by atoms with Crippen molar-refractivity contribution in [2.75, 3.05) is 32.8 Å². The van der Waals surface area contributed by atoms with Gasteiger partial charge < -0.3 is 10.1 Å². The van der Waals surface area contributed by atoms with Crippen LogP contribution in [-0.4, -0.2) is 71.7 Å². The van der Waals surface area contributed by atoms with Crippen molar-refractivity contribution in [2.24, 2.45) is 5.92 Å². The number of rotatable bonds is 9. The molecule has 0 bridgehead atoms. The van der Waals surface area contributed by atoms with Crippen molar-refractivity contribution in [3.8, 4) is 5.69 Å². The van der Waals surface area contributed by atoms with E-state index < -0.39 is 10.0 Å². The van der Waals surface area contributed by atoms with E-state index >= 15 is 0 Å². The summed E-state index contributed by atoms with van der Waals surface area (Å²) in [6.45, 7) is 4.30. The van der Waals surface area contributed by atoms with Crippen LogP contribution in [0.2, 0.25) is 0 Å². The van der Waals surface area contributed by atoms with Gasteiger partial charge in [-0.25, -0.2) is 13.1 Å². The number of piperidine rings is 1. The molecular formula is C18H26N6O4S. The summed E-state index contributed by atoms with van der Waals surface area (Å²) < 4.78 is 34.1. The number of carbonyl (C=O) groups is 1. The lowest BCUT2D eigenvalue weighted by atomic mass is 9.99. The van der Waals surface area contributed by atoms with Crippen molar-refractivity contribution in [3.05, 3.63) is 30.6 Å². The summed E-state index contributed by atoms with van der Waals surface area (Å²) in [6.07, 6.45) is 3.51. The molecule has 0 radical (unpaired) electrons. The molecule has 0 spiro atoms. The monoisotopic (exact) mass is 422 g/mol. The lowest BCUT2D eigenvalue weighted by Crippen LogP contribution is -2.45. The van der Waals surface area contributed by atoms with Crippen LogP contribution in [0.4, 0.5) is 0 Å². The molecule has 1 aliphatic heterocycles. The van der Waals surface area contributed by atoms with Gasteiger partial charge in [0.2, 0.25) is 15.9 Å². The van der Waals surface area contributed by atoms with E-state index in [0.29, 0.717) is 44.8 Å². The lowest BCUT2D eigenvalue weighted by molar-refractivity contribution is -0.126. The first-order valence-electron chi connectivity index (χ1n) is 9.71. The zero-order chi connectivity index (χ0) is 20.7. The van der Waals surface area contributed by atoms with E-state index in [1.165, 1.54) is 27.4 Å². The molecule has 1 saturated heterocycles. The van der Waals surface area contributed by atoms with Gasteiger partial charge in [-0.05, 0) is 60.9 Å². The summed E-state index contributed by atoms with van der Waals surface area (Å²) in [5.74, 6) is -0.443. The molecule has 0 saturated carbocycles. The first-order valence-corrected chi connectivity index (χ1v) is 11.2. The topological polar surface area (TPSA) is 119 Å². The summed E-state index contributed by atoms with van der Waals surface area (Å²) in [4.78, 5) is 12.6. The molecule has 1 aliphatic rings. The molecule has 1 N–H and O–H groups in total. The standard InChI is InChI=1S/C18H26N6O4S/c1-2-28-12-4-10-19-18(25)15-5-3-11-23(13-15)29(26,27)17-8-6-16(7-9-17)24-14-20-21-22-24/h6-9,14-15H,2-5,10-13H2,1H3,(H,19,25)/t15-/m0/s1. The third-order valence-corrected chi connectivity index (χ3v) is 6.69. The molecular weight excluding hydrogens is 396 g/mol. The summed E-state index contributed by atoms with van der Waals surface area (Å²) in [5.41, 5.74) is 0.664. The average molecular weight is 423 g/mol. The van der Waals surface area contributed by atoms with Gasteiger partial charge in [-0.1, -0.05) is 0 Å². The molecule has 158 valence electrons. The highest BCUT2D eigenvalue weighted by Crippen LogP contribution is 2.24. The maximum atomic E-state index is 13.0. The smallest absolute Gasteiger partial charge is 0.243 e. The van der Waals surface area contributed by atoms with Gasteiger partial charge in [0.1, 0.15) is 6.33 Å². The number of tetrazole rings is 1. The molecule has 0 unspecified atom stereocenters. The molecule has 2 aromatic rings. The van der Waals surface area contributed by atoms with E-state index in [1.54, 1.807) is 12.1 Å². The first-order chi connectivity index (χ1) is 14.0. The SMILES string of the molecule is CCOCCCNC(=O)[C@H]1CCCN(S(=O)(=O)c2ccc(-n3cnnn3)cc2)C1. The van der Waals surface area contributed by atoms with E-state index in [-0.39, 0.29) is 23.3 Å². The fraction of sp³-hybridized carbons (Fsp3) is 0.556. The van der Waals surface area contributed by atoms with Crippen LogP contribution < -0.4 is 5.32 Å². The molecule has 0 aliphatic carbocycles. The summed E-state index contributed by atoms with van der Waals surface area (Å²) in [7, 11) is -3.67. The van der Waals surface area contributed by atoms with Crippen LogP contribution in [-0.2, 0) is 19.6 Å². The van der Waals surface area contributed by atoms with Crippen LogP contribution in [0, 0.1) is 5.92 Å². The number of aromatic nitrogens is 4. The van der Waals surface area contributed by atoms with Crippen molar-refractivity contribution >= 4 is 15.9 Å². The summed E-state index contributed by atoms with van der Waals surface area (Å²) >= 11 is 0. The number of sulfonamides is 1. The van der Waals surface area contributed by atoms with Gasteiger partial charge in [0.05, 0.1) is 16.5 Å². The molecule has 11 heteroatoms. The van der Waals surface area contributed by atoms with Gasteiger partial charge in [0.15, 0.2) is 0 Å². The summed E-state index contributed by atoms with van der Waals surface area (Å²) in [5, 5.41) is 13.8. The van der Waals surface area contributed by atoms with Crippen molar-refractivity contribution in [3.63, 3.8) is 0 Å². The molecule has 1 aromatic carbocycles. The maximum absolute atomic E-state index is 13.0. The highest BCUT2D eigenvalue weighted by molar-refractivity contribution is 7.89. The second kappa shape index (κ2) is 9.90. The Morgan fingerprint density at radius 3 is 2.79 bits per heavy atom. The summed E-state index contributed by atoms with van der Waals surface area (Å²) in [6, 6.07) is 6.36. The fourth-order valence-corrected chi connectivity index (χ4v) is 4.77. The molecule has 1 atom stereocenters. The van der Waals surface area contributed by atoms with Crippen molar-refractivity contribution < 1.29 is 17.9 Å². The second-order valence-electron chi connectivity index (χ2n) is 6.79. The Bertz CT molecular complexity index is 886. The number of hydrogen-bond acceptors (Lipinski definition) is 7. The molecule has 1 fully saturated rings. The van der Waals surface area contributed by atoms with Gasteiger partial charge in [-0.2, -0.15) is 4.31 Å². The highest BCUT2D eigenvalue weighted by Gasteiger charge is 2.33. The van der Waals surface area contributed by atoms with E-state index in [0.717, 1.165) is 6.42 Å². The van der Waals surface area contributed by atoms with Crippen LogP contribution in [0.3, 0.4) is 0 Å². The van der Waals surface area contributed by atoms with E-state index in [9.17, 15) is 13.2 Å². The normalized spacial score (nSPS) is 17.9. The Hall–Kier alpha value is -2.37. The Kier molecular flexibility index (Phi) is 7.29. The number of nitrogens with zero attached hydrogens (tertiary/aromatic N) is 5. The van der Waals surface area contributed by atoms with Crippen LogP contribution in [0.25, 0.3) is 5.69 Å². The molecule has 29 heavy (non-hydrogen) atoms. The quantitative estimate of drug-likeness (QED) is 0.588. The number of carbonyl (C=O) groups excluding carboxylic acids is 1. The van der Waals surface area contributed by atoms with Gasteiger partial charge in [0.25, 0.3) is 0 Å².